The van der Waals surface area contributed by atoms with Gasteiger partial charge in [-0.25, -0.2) is 0 Å². The van der Waals surface area contributed by atoms with Crippen LogP contribution in [-0.2, 0) is 38.1 Å². The number of hydrogen-bond acceptors (Lipinski definition) is 9. The van der Waals surface area contributed by atoms with Gasteiger partial charge in [0.25, 0.3) is 0 Å². The van der Waals surface area contributed by atoms with Crippen LogP contribution in [0.2, 0.25) is 5.02 Å². The summed E-state index contributed by atoms with van der Waals surface area (Å²) in [5.41, 5.74) is 0. The summed E-state index contributed by atoms with van der Waals surface area (Å²) in [6.07, 6.45) is -4.58. The first kappa shape index (κ1) is 24.4. The summed E-state index contributed by atoms with van der Waals surface area (Å²) >= 11 is 5.90. The Hall–Kier alpha value is -2.85. The molecule has 1 heterocycles. The monoisotopic (exact) mass is 457 g/mol. The lowest BCUT2D eigenvalue weighted by atomic mass is 9.96. The molecule has 1 aromatic carbocycles. The number of hydrogen-bond donors (Lipinski definition) is 1. The molecule has 0 unspecified atom stereocenters. The van der Waals surface area contributed by atoms with E-state index in [1.165, 1.54) is 20.8 Å². The highest BCUT2D eigenvalue weighted by atomic mass is 35.5. The lowest BCUT2D eigenvalue weighted by molar-refractivity contribution is -0.257. The third-order valence-electron chi connectivity index (χ3n) is 4.14. The van der Waals surface area contributed by atoms with Crippen molar-refractivity contribution in [1.29, 1.82) is 0 Å². The van der Waals surface area contributed by atoms with Crippen molar-refractivity contribution in [2.45, 2.75) is 58.3 Å². The SMILES string of the molecule is CC(=O)N[C@H]1[C@H](Oc2ccc(Cl)cc2)O[C@H](COC(C)=O)[C@@H](OC(C)=O)[C@@H]1OC(C)=O. The van der Waals surface area contributed by atoms with Gasteiger partial charge in [0, 0.05) is 32.7 Å². The van der Waals surface area contributed by atoms with Gasteiger partial charge >= 0.3 is 17.9 Å². The highest BCUT2D eigenvalue weighted by molar-refractivity contribution is 6.30. The summed E-state index contributed by atoms with van der Waals surface area (Å²) < 4.78 is 27.5. The second kappa shape index (κ2) is 11.0. The number of benzene rings is 1. The van der Waals surface area contributed by atoms with Crippen molar-refractivity contribution in [3.63, 3.8) is 0 Å². The maximum Gasteiger partial charge on any atom is 0.303 e. The first-order valence-corrected chi connectivity index (χ1v) is 9.77. The molecule has 170 valence electrons. The Bertz CT molecular complexity index is 813. The van der Waals surface area contributed by atoms with Crippen LogP contribution in [0.4, 0.5) is 0 Å². The van der Waals surface area contributed by atoms with Crippen molar-refractivity contribution in [3.05, 3.63) is 29.3 Å². The van der Waals surface area contributed by atoms with Gasteiger partial charge in [0.1, 0.15) is 24.5 Å². The van der Waals surface area contributed by atoms with E-state index in [0.717, 1.165) is 6.92 Å². The van der Waals surface area contributed by atoms with Gasteiger partial charge in [0.15, 0.2) is 12.2 Å². The molecule has 0 aliphatic carbocycles. The number of nitrogens with one attached hydrogen (secondary N) is 1. The van der Waals surface area contributed by atoms with Crippen molar-refractivity contribution >= 4 is 35.4 Å². The van der Waals surface area contributed by atoms with Crippen molar-refractivity contribution in [1.82, 2.24) is 5.32 Å². The molecule has 0 bridgehead atoms. The topological polar surface area (TPSA) is 126 Å². The molecule has 0 spiro atoms. The Morgan fingerprint density at radius 1 is 0.935 bits per heavy atom. The summed E-state index contributed by atoms with van der Waals surface area (Å²) in [6.45, 7) is 4.49. The van der Waals surface area contributed by atoms with Gasteiger partial charge in [0.2, 0.25) is 12.2 Å². The largest absolute Gasteiger partial charge is 0.463 e. The third-order valence-corrected chi connectivity index (χ3v) is 4.39. The average Bonchev–Trinajstić information content (AvgIpc) is 2.65. The molecule has 5 atom stereocenters. The molecular weight excluding hydrogens is 434 g/mol. The minimum absolute atomic E-state index is 0.307. The van der Waals surface area contributed by atoms with Crippen molar-refractivity contribution in [2.24, 2.45) is 0 Å². The molecule has 0 saturated carbocycles. The molecular formula is C20H24ClNO9. The minimum Gasteiger partial charge on any atom is -0.463 e. The third kappa shape index (κ3) is 7.41. The Labute approximate surface area is 184 Å². The molecule has 1 N–H and O–H groups in total. The van der Waals surface area contributed by atoms with Gasteiger partial charge in [0.05, 0.1) is 0 Å². The van der Waals surface area contributed by atoms with E-state index >= 15 is 0 Å². The van der Waals surface area contributed by atoms with Crippen LogP contribution in [0.5, 0.6) is 5.75 Å². The molecule has 1 amide bonds. The van der Waals surface area contributed by atoms with E-state index in [9.17, 15) is 19.2 Å². The first-order valence-electron chi connectivity index (χ1n) is 9.39. The van der Waals surface area contributed by atoms with Crippen LogP contribution in [0.1, 0.15) is 27.7 Å². The summed E-state index contributed by atoms with van der Waals surface area (Å²) in [5, 5.41) is 3.10. The molecule has 1 saturated heterocycles. The molecule has 1 aliphatic heterocycles. The summed E-state index contributed by atoms with van der Waals surface area (Å²) in [5.74, 6) is -2.07. The molecule has 0 aromatic heterocycles. The van der Waals surface area contributed by atoms with Gasteiger partial charge in [-0.15, -0.1) is 0 Å². The predicted molar refractivity (Wildman–Crippen MR) is 106 cm³/mol. The Kier molecular flexibility index (Phi) is 8.64. The fourth-order valence-corrected chi connectivity index (χ4v) is 3.16. The Morgan fingerprint density at radius 3 is 2.03 bits per heavy atom. The van der Waals surface area contributed by atoms with Crippen LogP contribution in [0.15, 0.2) is 24.3 Å². The number of halogens is 1. The lowest BCUT2D eigenvalue weighted by Crippen LogP contribution is -2.67. The molecule has 1 aliphatic rings. The number of carbonyl (C=O) groups is 4. The van der Waals surface area contributed by atoms with E-state index in [1.807, 2.05) is 0 Å². The summed E-state index contributed by atoms with van der Waals surface area (Å²) in [6, 6.07) is 5.30. The van der Waals surface area contributed by atoms with E-state index in [1.54, 1.807) is 24.3 Å². The Balaban J connectivity index is 2.43. The second-order valence-corrected chi connectivity index (χ2v) is 7.23. The maximum absolute atomic E-state index is 11.9. The van der Waals surface area contributed by atoms with Crippen molar-refractivity contribution in [2.75, 3.05) is 6.61 Å². The second-order valence-electron chi connectivity index (χ2n) is 6.79. The zero-order valence-electron chi connectivity index (χ0n) is 17.5. The number of carbonyl (C=O) groups excluding carboxylic acids is 4. The summed E-state index contributed by atoms with van der Waals surface area (Å²) in [4.78, 5) is 46.7. The highest BCUT2D eigenvalue weighted by Gasteiger charge is 2.51. The number of rotatable bonds is 7. The van der Waals surface area contributed by atoms with Gasteiger partial charge in [-0.05, 0) is 24.3 Å². The van der Waals surface area contributed by atoms with E-state index < -0.39 is 54.5 Å². The van der Waals surface area contributed by atoms with Crippen molar-refractivity contribution < 1.29 is 42.9 Å². The fraction of sp³-hybridized carbons (Fsp3) is 0.500. The van der Waals surface area contributed by atoms with E-state index in [2.05, 4.69) is 5.32 Å². The van der Waals surface area contributed by atoms with E-state index in [-0.39, 0.29) is 6.61 Å². The predicted octanol–water partition coefficient (Wildman–Crippen LogP) is 1.37. The maximum atomic E-state index is 11.9. The first-order chi connectivity index (χ1) is 14.6. The molecule has 1 fully saturated rings. The zero-order chi connectivity index (χ0) is 23.1. The van der Waals surface area contributed by atoms with Crippen LogP contribution >= 0.6 is 11.6 Å². The van der Waals surface area contributed by atoms with Gasteiger partial charge < -0.3 is 29.0 Å². The number of ether oxygens (including phenoxy) is 5. The standard InChI is InChI=1S/C20H24ClNO9/c1-10(23)22-17-19(29-13(4)26)18(28-12(3)25)16(9-27-11(2)24)31-20(17)30-15-7-5-14(21)6-8-15/h5-8,16-20H,9H2,1-4H3,(H,22,23)/t16-,17-,18-,19-,20-/m1/s1. The fourth-order valence-electron chi connectivity index (χ4n) is 3.04. The summed E-state index contributed by atoms with van der Waals surface area (Å²) in [7, 11) is 0. The number of amides is 1. The van der Waals surface area contributed by atoms with Crippen molar-refractivity contribution in [3.8, 4) is 5.75 Å². The normalized spacial score (nSPS) is 25.1. The zero-order valence-corrected chi connectivity index (χ0v) is 18.2. The van der Waals surface area contributed by atoms with Crippen LogP contribution in [0.3, 0.4) is 0 Å². The highest BCUT2D eigenvalue weighted by Crippen LogP contribution is 2.29. The van der Waals surface area contributed by atoms with Gasteiger partial charge in [-0.3, -0.25) is 19.2 Å². The van der Waals surface area contributed by atoms with Crippen LogP contribution < -0.4 is 10.1 Å². The molecule has 2 rings (SSSR count). The lowest BCUT2D eigenvalue weighted by Gasteiger charge is -2.44. The van der Waals surface area contributed by atoms with Crippen LogP contribution in [-0.4, -0.2) is 61.1 Å². The van der Waals surface area contributed by atoms with Crippen LogP contribution in [0.25, 0.3) is 0 Å². The quantitative estimate of drug-likeness (QED) is 0.477. The van der Waals surface area contributed by atoms with E-state index in [4.69, 9.17) is 35.3 Å². The average molecular weight is 458 g/mol. The smallest absolute Gasteiger partial charge is 0.303 e. The molecule has 1 aromatic rings. The minimum atomic E-state index is -1.18. The van der Waals surface area contributed by atoms with Gasteiger partial charge in [-0.2, -0.15) is 0 Å². The molecule has 0 radical (unpaired) electrons. The van der Waals surface area contributed by atoms with E-state index in [0.29, 0.717) is 10.8 Å². The van der Waals surface area contributed by atoms with Gasteiger partial charge in [-0.1, -0.05) is 11.6 Å². The van der Waals surface area contributed by atoms with Crippen LogP contribution in [0, 0.1) is 0 Å². The Morgan fingerprint density at radius 2 is 1.52 bits per heavy atom. The molecule has 11 heteroatoms. The molecule has 31 heavy (non-hydrogen) atoms. The number of esters is 3. The molecule has 10 nitrogen and oxygen atoms in total.